The summed E-state index contributed by atoms with van der Waals surface area (Å²) in [5.74, 6) is 5.27. The number of allylic oxidation sites excluding steroid dienone is 1. The zero-order valence-corrected chi connectivity index (χ0v) is 31.2. The number of nitrogens with one attached hydrogen (secondary N) is 1. The van der Waals surface area contributed by atoms with Crippen molar-refractivity contribution < 1.29 is 4.79 Å². The molecule has 8 rings (SSSR count). The number of hydrogen-bond acceptors (Lipinski definition) is 2. The second kappa shape index (κ2) is 11.1. The number of rotatable bonds is 4. The number of hydrogen-bond donors (Lipinski definition) is 1. The van der Waals surface area contributed by atoms with Gasteiger partial charge >= 0.3 is 0 Å². The summed E-state index contributed by atoms with van der Waals surface area (Å²) in [7, 11) is 0. The molecule has 0 bridgehead atoms. The molecule has 6 fully saturated rings. The van der Waals surface area contributed by atoms with Gasteiger partial charge in [0.1, 0.15) is 5.82 Å². The van der Waals surface area contributed by atoms with Gasteiger partial charge in [-0.25, -0.2) is 4.98 Å². The van der Waals surface area contributed by atoms with Gasteiger partial charge in [-0.15, -0.1) is 0 Å². The molecule has 4 heteroatoms. The van der Waals surface area contributed by atoms with Crippen molar-refractivity contribution in [1.82, 2.24) is 14.9 Å². The molecule has 1 saturated heterocycles. The average molecular weight is 650 g/mol. The second-order valence-electron chi connectivity index (χ2n) is 19.3. The van der Waals surface area contributed by atoms with E-state index in [0.717, 1.165) is 73.5 Å². The zero-order valence-electron chi connectivity index (χ0n) is 31.2. The first kappa shape index (κ1) is 32.8. The molecule has 0 radical (unpaired) electrons. The van der Waals surface area contributed by atoms with Gasteiger partial charge in [-0.1, -0.05) is 84.0 Å². The number of likely N-dealkylation sites (tertiary alicyclic amines) is 1. The van der Waals surface area contributed by atoms with Crippen LogP contribution in [0.15, 0.2) is 48.7 Å². The molecule has 260 valence electrons. The SMILES string of the molecule is C=C(C)[C@@H]1CC[C@]2(C(=O)N3CCC[C@H]3c3ncc(-c4ccccc4)[nH]3)CC[C@]3(C)[C@H](CC[C@@H]4[C@@]5(C)CC[C@H](C)C(C)(C)[C@@H]5CC[C@]43C)[C@@H]12. The van der Waals surface area contributed by atoms with Crippen LogP contribution in [0.5, 0.6) is 0 Å². The number of fused-ring (bicyclic) bond motifs is 7. The van der Waals surface area contributed by atoms with Gasteiger partial charge in [0.2, 0.25) is 5.91 Å². The number of nitrogens with zero attached hydrogens (tertiary/aromatic N) is 2. The van der Waals surface area contributed by atoms with Crippen molar-refractivity contribution in [1.29, 1.82) is 0 Å². The molecule has 2 heterocycles. The highest BCUT2D eigenvalue weighted by molar-refractivity contribution is 5.84. The molecule has 0 spiro atoms. The zero-order chi connectivity index (χ0) is 33.9. The van der Waals surface area contributed by atoms with Crippen LogP contribution in [0.25, 0.3) is 11.3 Å². The van der Waals surface area contributed by atoms with Crippen LogP contribution in [0.3, 0.4) is 0 Å². The van der Waals surface area contributed by atoms with Gasteiger partial charge in [0.15, 0.2) is 0 Å². The van der Waals surface area contributed by atoms with Gasteiger partial charge in [-0.2, -0.15) is 0 Å². The third-order valence-electron chi connectivity index (χ3n) is 17.6. The van der Waals surface area contributed by atoms with E-state index in [-0.39, 0.29) is 16.9 Å². The minimum absolute atomic E-state index is 0.0442. The molecule has 48 heavy (non-hydrogen) atoms. The summed E-state index contributed by atoms with van der Waals surface area (Å²) in [6, 6.07) is 10.5. The maximum atomic E-state index is 15.4. The molecule has 2 aromatic rings. The molecule has 11 atom stereocenters. The van der Waals surface area contributed by atoms with Crippen LogP contribution in [0, 0.1) is 62.6 Å². The van der Waals surface area contributed by atoms with Gasteiger partial charge in [-0.05, 0) is 147 Å². The van der Waals surface area contributed by atoms with Crippen LogP contribution < -0.4 is 0 Å². The third kappa shape index (κ3) is 4.31. The Kier molecular flexibility index (Phi) is 7.57. The Labute approximate surface area is 291 Å². The molecule has 1 amide bonds. The number of aromatic nitrogens is 2. The first-order chi connectivity index (χ1) is 22.8. The summed E-state index contributed by atoms with van der Waals surface area (Å²) < 4.78 is 0. The number of amides is 1. The van der Waals surface area contributed by atoms with Crippen LogP contribution >= 0.6 is 0 Å². The van der Waals surface area contributed by atoms with Gasteiger partial charge in [0, 0.05) is 6.54 Å². The number of carbonyl (C=O) groups excluding carboxylic acids is 1. The van der Waals surface area contributed by atoms with Crippen LogP contribution in [0.2, 0.25) is 0 Å². The van der Waals surface area contributed by atoms with Crippen molar-refractivity contribution >= 4 is 5.91 Å². The number of aromatic amines is 1. The Hall–Kier alpha value is -2.36. The molecule has 6 aliphatic rings. The largest absolute Gasteiger partial charge is 0.340 e. The van der Waals surface area contributed by atoms with E-state index in [0.29, 0.717) is 39.9 Å². The van der Waals surface area contributed by atoms with E-state index in [1.165, 1.54) is 50.5 Å². The Balaban J connectivity index is 1.12. The van der Waals surface area contributed by atoms with Crippen LogP contribution in [0.1, 0.15) is 137 Å². The van der Waals surface area contributed by atoms with Crippen molar-refractivity contribution in [2.45, 2.75) is 132 Å². The van der Waals surface area contributed by atoms with Crippen molar-refractivity contribution in [2.75, 3.05) is 6.54 Å². The van der Waals surface area contributed by atoms with Crippen LogP contribution in [-0.4, -0.2) is 27.3 Å². The fraction of sp³-hybridized carbons (Fsp3) is 0.727. The molecule has 4 nitrogen and oxygen atoms in total. The standard InChI is InChI=1S/C44H63N3O/c1-28(2)31-19-23-44(39(48)47-26-12-15-34(47)38-45-27-33(46-38)30-13-10-9-11-14-30)25-24-42(7)32(37(31)44)16-17-36-41(6)21-18-29(3)40(4,5)35(41)20-22-43(36,42)8/h9-11,13-14,27,29,31-32,34-37H,1,12,15-26H2,2-8H3,(H,45,46)/t29-,31-,32+,34-,35-,36+,37+,41-,42+,43+,44-/m0/s1. The summed E-state index contributed by atoms with van der Waals surface area (Å²) in [4.78, 5) is 26.2. The van der Waals surface area contributed by atoms with E-state index in [1.54, 1.807) is 0 Å². The first-order valence-corrected chi connectivity index (χ1v) is 19.8. The van der Waals surface area contributed by atoms with Crippen molar-refractivity contribution in [2.24, 2.45) is 62.6 Å². The fourth-order valence-corrected chi connectivity index (χ4v) is 14.5. The highest BCUT2D eigenvalue weighted by atomic mass is 16.2. The molecule has 5 saturated carbocycles. The Morgan fingerprint density at radius 2 is 1.65 bits per heavy atom. The molecule has 5 aliphatic carbocycles. The summed E-state index contributed by atoms with van der Waals surface area (Å²) in [5, 5.41) is 0. The Bertz CT molecular complexity index is 1570. The van der Waals surface area contributed by atoms with Crippen LogP contribution in [-0.2, 0) is 4.79 Å². The van der Waals surface area contributed by atoms with Gasteiger partial charge in [0.25, 0.3) is 0 Å². The van der Waals surface area contributed by atoms with E-state index in [4.69, 9.17) is 4.98 Å². The lowest BCUT2D eigenvalue weighted by molar-refractivity contribution is -0.242. The lowest BCUT2D eigenvalue weighted by atomic mass is 9.32. The quantitative estimate of drug-likeness (QED) is 0.335. The molecule has 1 N–H and O–H groups in total. The van der Waals surface area contributed by atoms with E-state index >= 15 is 4.79 Å². The van der Waals surface area contributed by atoms with E-state index < -0.39 is 0 Å². The number of benzene rings is 1. The van der Waals surface area contributed by atoms with Gasteiger partial charge in [0.05, 0.1) is 23.3 Å². The molecular weight excluding hydrogens is 587 g/mol. The molecular formula is C44H63N3O. The second-order valence-corrected chi connectivity index (χ2v) is 19.3. The molecule has 0 unspecified atom stereocenters. The Morgan fingerprint density at radius 1 is 0.875 bits per heavy atom. The van der Waals surface area contributed by atoms with Gasteiger partial charge in [-0.3, -0.25) is 4.79 Å². The normalized spacial score (nSPS) is 44.7. The van der Waals surface area contributed by atoms with Crippen molar-refractivity contribution in [3.05, 3.63) is 54.5 Å². The van der Waals surface area contributed by atoms with E-state index in [9.17, 15) is 0 Å². The highest BCUT2D eigenvalue weighted by Gasteiger charge is 2.72. The average Bonchev–Trinajstić information content (AvgIpc) is 3.82. The number of H-pyrrole nitrogens is 1. The number of imidazole rings is 1. The topological polar surface area (TPSA) is 49.0 Å². The molecule has 1 aromatic heterocycles. The van der Waals surface area contributed by atoms with Gasteiger partial charge < -0.3 is 9.88 Å². The minimum Gasteiger partial charge on any atom is -0.340 e. The van der Waals surface area contributed by atoms with E-state index in [1.807, 2.05) is 6.20 Å². The lowest BCUT2D eigenvalue weighted by Crippen LogP contribution is -2.67. The monoisotopic (exact) mass is 649 g/mol. The fourth-order valence-electron chi connectivity index (χ4n) is 14.5. The van der Waals surface area contributed by atoms with E-state index in [2.05, 4.69) is 95.3 Å². The Morgan fingerprint density at radius 3 is 2.40 bits per heavy atom. The summed E-state index contributed by atoms with van der Waals surface area (Å²) >= 11 is 0. The highest BCUT2D eigenvalue weighted by Crippen LogP contribution is 2.78. The molecule has 1 aliphatic heterocycles. The smallest absolute Gasteiger partial charge is 0.229 e. The predicted molar refractivity (Wildman–Crippen MR) is 196 cm³/mol. The number of carbonyl (C=O) groups is 1. The summed E-state index contributed by atoms with van der Waals surface area (Å²) in [5.41, 5.74) is 4.68. The minimum atomic E-state index is -0.266. The maximum Gasteiger partial charge on any atom is 0.229 e. The van der Waals surface area contributed by atoms with Crippen LogP contribution in [0.4, 0.5) is 0 Å². The predicted octanol–water partition coefficient (Wildman–Crippen LogP) is 11.0. The summed E-state index contributed by atoms with van der Waals surface area (Å²) in [6.45, 7) is 23.7. The third-order valence-corrected chi connectivity index (χ3v) is 17.6. The van der Waals surface area contributed by atoms with Crippen molar-refractivity contribution in [3.63, 3.8) is 0 Å². The molecule has 1 aromatic carbocycles. The lowest BCUT2D eigenvalue weighted by Gasteiger charge is -2.73. The summed E-state index contributed by atoms with van der Waals surface area (Å²) in [6.07, 6.45) is 16.6. The maximum absolute atomic E-state index is 15.4. The van der Waals surface area contributed by atoms with Crippen molar-refractivity contribution in [3.8, 4) is 11.3 Å². The first-order valence-electron chi connectivity index (χ1n) is 19.8.